The number of anilines is 1. The first-order valence-electron chi connectivity index (χ1n) is 9.97. The summed E-state index contributed by atoms with van der Waals surface area (Å²) in [7, 11) is 0. The third kappa shape index (κ3) is 3.30. The van der Waals surface area contributed by atoms with E-state index >= 15 is 0 Å². The van der Waals surface area contributed by atoms with E-state index in [2.05, 4.69) is 11.9 Å². The van der Waals surface area contributed by atoms with Gasteiger partial charge in [-0.2, -0.15) is 0 Å². The van der Waals surface area contributed by atoms with Gasteiger partial charge in [-0.1, -0.05) is 38.1 Å². The van der Waals surface area contributed by atoms with Gasteiger partial charge in [-0.25, -0.2) is 0 Å². The van der Waals surface area contributed by atoms with Gasteiger partial charge in [0.25, 0.3) is 5.95 Å². The average Bonchev–Trinajstić information content (AvgIpc) is 2.87. The molecule has 1 heterocycles. The number of cyclic esters (lactones) is 1. The Morgan fingerprint density at radius 3 is 2.66 bits per heavy atom. The first kappa shape index (κ1) is 19.6. The molecule has 3 fully saturated rings. The zero-order valence-electron chi connectivity index (χ0n) is 16.8. The zero-order chi connectivity index (χ0) is 21.0. The van der Waals surface area contributed by atoms with E-state index in [0.717, 1.165) is 17.6 Å². The molecule has 2 saturated carbocycles. The van der Waals surface area contributed by atoms with Crippen molar-refractivity contribution in [3.63, 3.8) is 0 Å². The third-order valence-electron chi connectivity index (χ3n) is 6.97. The van der Waals surface area contributed by atoms with Crippen molar-refractivity contribution in [3.05, 3.63) is 54.0 Å². The Labute approximate surface area is 170 Å². The maximum absolute atomic E-state index is 12.6. The molecule has 0 bridgehead atoms. The quantitative estimate of drug-likeness (QED) is 0.398. The van der Waals surface area contributed by atoms with E-state index < -0.39 is 11.4 Å². The molecule has 1 aromatic rings. The number of rotatable bonds is 5. The van der Waals surface area contributed by atoms with Crippen LogP contribution in [0.2, 0.25) is 0 Å². The Hall–Kier alpha value is -2.76. The van der Waals surface area contributed by atoms with Crippen LogP contribution in [0.4, 0.5) is 5.69 Å². The number of benzene rings is 1. The predicted molar refractivity (Wildman–Crippen MR) is 108 cm³/mol. The molecular weight excluding hydrogens is 370 g/mol. The Balaban J connectivity index is 1.43. The van der Waals surface area contributed by atoms with Gasteiger partial charge in [0, 0.05) is 23.6 Å². The molecule has 6 heteroatoms. The van der Waals surface area contributed by atoms with Gasteiger partial charge in [0.05, 0.1) is 17.9 Å². The number of ether oxygens (including phenoxy) is 1. The van der Waals surface area contributed by atoms with Crippen molar-refractivity contribution in [1.29, 1.82) is 0 Å². The number of fused-ring (bicyclic) bond motifs is 1. The number of esters is 1. The van der Waals surface area contributed by atoms with E-state index in [-0.39, 0.29) is 35.0 Å². The molecule has 0 radical (unpaired) electrons. The molecule has 3 aliphatic rings. The highest BCUT2D eigenvalue weighted by Crippen LogP contribution is 2.59. The van der Waals surface area contributed by atoms with Gasteiger partial charge in [-0.3, -0.25) is 9.59 Å². The number of carbonyl (C=O) groups is 2. The molecule has 1 aliphatic heterocycles. The van der Waals surface area contributed by atoms with E-state index in [4.69, 9.17) is 14.9 Å². The van der Waals surface area contributed by atoms with Crippen LogP contribution in [0, 0.1) is 28.6 Å². The van der Waals surface area contributed by atoms with Crippen molar-refractivity contribution in [3.8, 4) is 0 Å². The van der Waals surface area contributed by atoms with Gasteiger partial charge in [-0.05, 0) is 42.4 Å². The number of nitrogens with one attached hydrogen (secondary N) is 1. The van der Waals surface area contributed by atoms with Crippen LogP contribution < -0.4 is 5.32 Å². The molecule has 3 N–H and O–H groups in total. The van der Waals surface area contributed by atoms with Crippen LogP contribution in [0.1, 0.15) is 32.3 Å². The lowest BCUT2D eigenvalue weighted by Gasteiger charge is -2.24. The molecule has 29 heavy (non-hydrogen) atoms. The van der Waals surface area contributed by atoms with Crippen LogP contribution in [0.3, 0.4) is 0 Å². The number of aliphatic hydroxyl groups is 2. The van der Waals surface area contributed by atoms with Gasteiger partial charge in [0.1, 0.15) is 0 Å². The predicted octanol–water partition coefficient (Wildman–Crippen LogP) is 3.91. The highest BCUT2D eigenvalue weighted by atomic mass is 16.5. The second-order valence-electron chi connectivity index (χ2n) is 9.30. The summed E-state index contributed by atoms with van der Waals surface area (Å²) in [4.78, 5) is 25.0. The SMILES string of the molecule is C=C1CC2COC(=O)C2(Cc2ccc(NC(=O)C3C(C=C(O)O)C3(C)C)cc2)C1. The summed E-state index contributed by atoms with van der Waals surface area (Å²) < 4.78 is 5.33. The molecular formula is C23H27NO5. The average molecular weight is 397 g/mol. The standard InChI is InChI=1S/C23H27NO5/c1-13-8-15-12-29-21(28)23(15,10-13)11-14-4-6-16(7-5-14)24-20(27)19-17(9-18(25)26)22(19,2)3/h4-7,9,15,17,19,25-26H,1,8,10-12H2,2-3H3,(H,24,27). The zero-order valence-corrected chi connectivity index (χ0v) is 16.8. The second-order valence-corrected chi connectivity index (χ2v) is 9.30. The summed E-state index contributed by atoms with van der Waals surface area (Å²) in [5.74, 6) is -1.33. The van der Waals surface area contributed by atoms with E-state index in [1.54, 1.807) is 0 Å². The minimum Gasteiger partial charge on any atom is -0.481 e. The largest absolute Gasteiger partial charge is 0.481 e. The molecule has 1 aromatic carbocycles. The van der Waals surface area contributed by atoms with Crippen molar-refractivity contribution in [1.82, 2.24) is 0 Å². The fourth-order valence-electron chi connectivity index (χ4n) is 5.20. The number of amides is 1. The Bertz CT molecular complexity index is 896. The van der Waals surface area contributed by atoms with E-state index in [1.165, 1.54) is 6.08 Å². The van der Waals surface area contributed by atoms with Crippen LogP contribution in [0.25, 0.3) is 0 Å². The van der Waals surface area contributed by atoms with Crippen LogP contribution in [0.5, 0.6) is 0 Å². The number of allylic oxidation sites excluding steroid dienone is 2. The third-order valence-corrected chi connectivity index (χ3v) is 6.97. The summed E-state index contributed by atoms with van der Waals surface area (Å²) in [5, 5.41) is 21.1. The molecule has 4 rings (SSSR count). The highest BCUT2D eigenvalue weighted by molar-refractivity contribution is 5.95. The topological polar surface area (TPSA) is 95.9 Å². The summed E-state index contributed by atoms with van der Waals surface area (Å²) in [6.07, 6.45) is 3.45. The number of hydrogen-bond donors (Lipinski definition) is 3. The molecule has 2 aliphatic carbocycles. The number of hydrogen-bond acceptors (Lipinski definition) is 5. The second kappa shape index (κ2) is 6.65. The maximum atomic E-state index is 12.6. The van der Waals surface area contributed by atoms with Crippen molar-refractivity contribution in [2.75, 3.05) is 11.9 Å². The van der Waals surface area contributed by atoms with Crippen molar-refractivity contribution >= 4 is 17.6 Å². The minimum atomic E-state index is -0.750. The lowest BCUT2D eigenvalue weighted by Crippen LogP contribution is -2.31. The fraction of sp³-hybridized carbons (Fsp3) is 0.478. The minimum absolute atomic E-state index is 0.124. The summed E-state index contributed by atoms with van der Waals surface area (Å²) >= 11 is 0. The van der Waals surface area contributed by atoms with Gasteiger partial charge in [0.2, 0.25) is 5.91 Å². The van der Waals surface area contributed by atoms with Gasteiger partial charge in [0.15, 0.2) is 0 Å². The van der Waals surface area contributed by atoms with Crippen LogP contribution >= 0.6 is 0 Å². The summed E-state index contributed by atoms with van der Waals surface area (Å²) in [5.41, 5.74) is 2.00. The molecule has 154 valence electrons. The normalized spacial score (nSPS) is 31.7. The first-order valence-corrected chi connectivity index (χ1v) is 9.97. The van der Waals surface area contributed by atoms with Crippen molar-refractivity contribution in [2.24, 2.45) is 28.6 Å². The summed E-state index contributed by atoms with van der Waals surface area (Å²) in [6, 6.07) is 7.55. The maximum Gasteiger partial charge on any atom is 0.313 e. The first-order chi connectivity index (χ1) is 13.6. The Morgan fingerprint density at radius 2 is 2.00 bits per heavy atom. The number of aliphatic hydroxyl groups excluding tert-OH is 1. The fourth-order valence-corrected chi connectivity index (χ4v) is 5.20. The smallest absolute Gasteiger partial charge is 0.313 e. The van der Waals surface area contributed by atoms with Crippen molar-refractivity contribution < 1.29 is 24.5 Å². The van der Waals surface area contributed by atoms with Crippen LogP contribution in [-0.2, 0) is 20.7 Å². The molecule has 0 aromatic heterocycles. The molecule has 1 saturated heterocycles. The Kier molecular flexibility index (Phi) is 4.48. The van der Waals surface area contributed by atoms with Crippen LogP contribution in [-0.4, -0.2) is 28.7 Å². The van der Waals surface area contributed by atoms with E-state index in [9.17, 15) is 9.59 Å². The lowest BCUT2D eigenvalue weighted by molar-refractivity contribution is -0.146. The molecule has 1 amide bonds. The summed E-state index contributed by atoms with van der Waals surface area (Å²) in [6.45, 7) is 8.40. The van der Waals surface area contributed by atoms with Gasteiger partial charge in [-0.15, -0.1) is 0 Å². The van der Waals surface area contributed by atoms with Gasteiger partial charge < -0.3 is 20.3 Å². The van der Waals surface area contributed by atoms with E-state index in [1.807, 2.05) is 38.1 Å². The molecule has 4 unspecified atom stereocenters. The number of carbonyl (C=O) groups excluding carboxylic acids is 2. The van der Waals surface area contributed by atoms with E-state index in [0.29, 0.717) is 25.1 Å². The highest BCUT2D eigenvalue weighted by Gasteiger charge is 2.61. The lowest BCUT2D eigenvalue weighted by atomic mass is 9.75. The molecule has 0 spiro atoms. The van der Waals surface area contributed by atoms with Crippen LogP contribution in [0.15, 0.2) is 48.4 Å². The van der Waals surface area contributed by atoms with Crippen molar-refractivity contribution in [2.45, 2.75) is 33.1 Å². The Morgan fingerprint density at radius 1 is 1.31 bits per heavy atom. The molecule has 6 nitrogen and oxygen atoms in total. The molecule has 4 atom stereocenters. The van der Waals surface area contributed by atoms with Gasteiger partial charge >= 0.3 is 5.97 Å². The monoisotopic (exact) mass is 397 g/mol.